The average molecular weight is 288 g/mol. The fourth-order valence-electron chi connectivity index (χ4n) is 2.09. The highest BCUT2D eigenvalue weighted by molar-refractivity contribution is 8.13. The van der Waals surface area contributed by atoms with Crippen LogP contribution in [0.5, 0.6) is 0 Å². The predicted octanol–water partition coefficient (Wildman–Crippen LogP) is 4.58. The van der Waals surface area contributed by atoms with Crippen molar-refractivity contribution >= 4 is 16.9 Å². The summed E-state index contributed by atoms with van der Waals surface area (Å²) in [5.41, 5.74) is 0. The third-order valence-corrected chi connectivity index (χ3v) is 4.35. The minimum atomic E-state index is 0.377. The maximum absolute atomic E-state index is 11.7. The van der Waals surface area contributed by atoms with E-state index in [4.69, 9.17) is 0 Å². The summed E-state index contributed by atoms with van der Waals surface area (Å²) in [5, 5.41) is 0.377. The van der Waals surface area contributed by atoms with Crippen molar-refractivity contribution in [3.05, 3.63) is 0 Å². The number of carbonyl (C=O) groups is 1. The van der Waals surface area contributed by atoms with Crippen molar-refractivity contribution in [2.45, 2.75) is 72.8 Å². The first-order valence-electron chi connectivity index (χ1n) is 7.90. The normalized spacial score (nSPS) is 13.2. The molecule has 0 N–H and O–H groups in total. The monoisotopic (exact) mass is 287 g/mol. The molecule has 0 amide bonds. The van der Waals surface area contributed by atoms with Gasteiger partial charge in [-0.1, -0.05) is 52.3 Å². The Labute approximate surface area is 124 Å². The van der Waals surface area contributed by atoms with Crippen molar-refractivity contribution in [2.75, 3.05) is 18.8 Å². The molecule has 3 heteroatoms. The molecule has 0 aromatic rings. The van der Waals surface area contributed by atoms with Crippen LogP contribution in [0, 0.1) is 5.92 Å². The Morgan fingerprint density at radius 3 is 2.37 bits per heavy atom. The lowest BCUT2D eigenvalue weighted by molar-refractivity contribution is -0.111. The first-order valence-corrected chi connectivity index (χ1v) is 8.89. The van der Waals surface area contributed by atoms with Crippen molar-refractivity contribution < 1.29 is 4.79 Å². The lowest BCUT2D eigenvalue weighted by Crippen LogP contribution is -2.37. The summed E-state index contributed by atoms with van der Waals surface area (Å²) >= 11 is 1.53. The maximum Gasteiger partial charge on any atom is 0.188 e. The van der Waals surface area contributed by atoms with Gasteiger partial charge >= 0.3 is 0 Å². The molecule has 1 atom stereocenters. The quantitative estimate of drug-likeness (QED) is 0.519. The standard InChI is InChI=1S/C16H33NOS/c1-6-8-9-10-16(18)19-12-11-17(13-14(3)4)15(5)7-2/h14-15H,6-13H2,1-5H3. The van der Waals surface area contributed by atoms with Crippen molar-refractivity contribution in [1.29, 1.82) is 0 Å². The molecule has 0 fully saturated rings. The van der Waals surface area contributed by atoms with Crippen LogP contribution < -0.4 is 0 Å². The van der Waals surface area contributed by atoms with E-state index in [0.717, 1.165) is 31.7 Å². The molecule has 0 aliphatic rings. The van der Waals surface area contributed by atoms with Crippen LogP contribution in [-0.2, 0) is 4.79 Å². The number of nitrogens with zero attached hydrogens (tertiary/aromatic N) is 1. The molecule has 0 aliphatic carbocycles. The SMILES string of the molecule is CCCCCC(=O)SCCN(CC(C)C)C(C)CC. The molecule has 19 heavy (non-hydrogen) atoms. The predicted molar refractivity (Wildman–Crippen MR) is 87.8 cm³/mol. The van der Waals surface area contributed by atoms with Crippen molar-refractivity contribution in [1.82, 2.24) is 4.90 Å². The summed E-state index contributed by atoms with van der Waals surface area (Å²) in [7, 11) is 0. The summed E-state index contributed by atoms with van der Waals surface area (Å²) in [6, 6.07) is 0.623. The summed E-state index contributed by atoms with van der Waals surface area (Å²) in [5.74, 6) is 1.64. The fraction of sp³-hybridized carbons (Fsp3) is 0.938. The topological polar surface area (TPSA) is 20.3 Å². The summed E-state index contributed by atoms with van der Waals surface area (Å²) in [6.45, 7) is 13.4. The van der Waals surface area contributed by atoms with E-state index in [-0.39, 0.29) is 0 Å². The molecule has 1 unspecified atom stereocenters. The van der Waals surface area contributed by atoms with Gasteiger partial charge in [-0.15, -0.1) is 0 Å². The molecule has 0 heterocycles. The number of hydrogen-bond donors (Lipinski definition) is 0. The van der Waals surface area contributed by atoms with Gasteiger partial charge in [0, 0.05) is 31.3 Å². The second-order valence-electron chi connectivity index (χ2n) is 5.82. The van der Waals surface area contributed by atoms with Gasteiger partial charge in [-0.25, -0.2) is 0 Å². The largest absolute Gasteiger partial charge is 0.300 e. The third-order valence-electron chi connectivity index (χ3n) is 3.44. The van der Waals surface area contributed by atoms with Crippen LogP contribution in [0.15, 0.2) is 0 Å². The molecular formula is C16H33NOS. The second-order valence-corrected chi connectivity index (χ2v) is 6.98. The number of rotatable bonds is 11. The van der Waals surface area contributed by atoms with Gasteiger partial charge in [-0.05, 0) is 25.7 Å². The number of unbranched alkanes of at least 4 members (excludes halogenated alkanes) is 2. The van der Waals surface area contributed by atoms with Gasteiger partial charge in [0.25, 0.3) is 0 Å². The molecule has 0 saturated carbocycles. The number of thioether (sulfide) groups is 1. The van der Waals surface area contributed by atoms with E-state index in [1.54, 1.807) is 0 Å². The zero-order chi connectivity index (χ0) is 14.7. The first kappa shape index (κ1) is 19.0. The van der Waals surface area contributed by atoms with Gasteiger partial charge in [0.05, 0.1) is 0 Å². The van der Waals surface area contributed by atoms with Gasteiger partial charge < -0.3 is 0 Å². The van der Waals surface area contributed by atoms with E-state index in [1.807, 2.05) is 0 Å². The van der Waals surface area contributed by atoms with Gasteiger partial charge in [-0.2, -0.15) is 0 Å². The third kappa shape index (κ3) is 10.4. The smallest absolute Gasteiger partial charge is 0.188 e. The molecule has 0 spiro atoms. The number of carbonyl (C=O) groups excluding carboxylic acids is 1. The van der Waals surface area contributed by atoms with Crippen LogP contribution >= 0.6 is 11.8 Å². The Bertz CT molecular complexity index is 231. The molecule has 2 nitrogen and oxygen atoms in total. The molecule has 0 aromatic heterocycles. The van der Waals surface area contributed by atoms with E-state index in [0.29, 0.717) is 17.1 Å². The van der Waals surface area contributed by atoms with E-state index >= 15 is 0 Å². The van der Waals surface area contributed by atoms with E-state index < -0.39 is 0 Å². The first-order chi connectivity index (χ1) is 9.01. The molecule has 0 radical (unpaired) electrons. The van der Waals surface area contributed by atoms with E-state index in [9.17, 15) is 4.79 Å². The van der Waals surface area contributed by atoms with Gasteiger partial charge in [0.2, 0.25) is 0 Å². The molecule has 0 aromatic carbocycles. The van der Waals surface area contributed by atoms with Crippen LogP contribution in [0.25, 0.3) is 0 Å². The van der Waals surface area contributed by atoms with Crippen molar-refractivity contribution in [2.24, 2.45) is 5.92 Å². The Morgan fingerprint density at radius 2 is 1.84 bits per heavy atom. The van der Waals surface area contributed by atoms with Crippen LogP contribution in [0.3, 0.4) is 0 Å². The second kappa shape index (κ2) is 11.8. The van der Waals surface area contributed by atoms with Crippen LogP contribution in [-0.4, -0.2) is 34.9 Å². The Hall–Kier alpha value is -0.0200. The molecule has 0 aliphatic heterocycles. The highest BCUT2D eigenvalue weighted by atomic mass is 32.2. The van der Waals surface area contributed by atoms with Crippen molar-refractivity contribution in [3.8, 4) is 0 Å². The minimum Gasteiger partial charge on any atom is -0.300 e. The summed E-state index contributed by atoms with van der Waals surface area (Å²) < 4.78 is 0. The van der Waals surface area contributed by atoms with Gasteiger partial charge in [-0.3, -0.25) is 9.69 Å². The van der Waals surface area contributed by atoms with E-state index in [1.165, 1.54) is 31.0 Å². The maximum atomic E-state index is 11.7. The molecule has 114 valence electrons. The van der Waals surface area contributed by atoms with Crippen LogP contribution in [0.2, 0.25) is 0 Å². The minimum absolute atomic E-state index is 0.377. The molecule has 0 saturated heterocycles. The summed E-state index contributed by atoms with van der Waals surface area (Å²) in [4.78, 5) is 14.2. The molecule has 0 bridgehead atoms. The fourth-order valence-corrected chi connectivity index (χ4v) is 2.93. The Morgan fingerprint density at radius 1 is 1.16 bits per heavy atom. The van der Waals surface area contributed by atoms with Crippen molar-refractivity contribution in [3.63, 3.8) is 0 Å². The summed E-state index contributed by atoms with van der Waals surface area (Å²) in [6.07, 6.45) is 5.37. The Kier molecular flexibility index (Phi) is 11.8. The lowest BCUT2D eigenvalue weighted by Gasteiger charge is -2.29. The highest BCUT2D eigenvalue weighted by Crippen LogP contribution is 2.13. The van der Waals surface area contributed by atoms with Crippen LogP contribution in [0.4, 0.5) is 0 Å². The molecule has 0 rings (SSSR count). The highest BCUT2D eigenvalue weighted by Gasteiger charge is 2.14. The average Bonchev–Trinajstić information content (AvgIpc) is 2.36. The zero-order valence-electron chi connectivity index (χ0n) is 13.6. The number of hydrogen-bond acceptors (Lipinski definition) is 3. The van der Waals surface area contributed by atoms with Gasteiger partial charge in [0.15, 0.2) is 5.12 Å². The molecular weight excluding hydrogens is 254 g/mol. The van der Waals surface area contributed by atoms with E-state index in [2.05, 4.69) is 39.5 Å². The lowest BCUT2D eigenvalue weighted by atomic mass is 10.1. The van der Waals surface area contributed by atoms with Crippen LogP contribution in [0.1, 0.15) is 66.7 Å². The van der Waals surface area contributed by atoms with Gasteiger partial charge in [0.1, 0.15) is 0 Å². The Balaban J connectivity index is 3.88. The zero-order valence-corrected chi connectivity index (χ0v) is 14.4.